The zero-order valence-corrected chi connectivity index (χ0v) is 14.4. The minimum atomic E-state index is -0.897. The molecule has 0 aliphatic heterocycles. The highest BCUT2D eigenvalue weighted by molar-refractivity contribution is 5.93. The van der Waals surface area contributed by atoms with E-state index in [0.717, 1.165) is 18.4 Å². The van der Waals surface area contributed by atoms with Gasteiger partial charge in [-0.2, -0.15) is 0 Å². The zero-order chi connectivity index (χ0) is 17.0. The van der Waals surface area contributed by atoms with Gasteiger partial charge >= 0.3 is 5.97 Å². The Morgan fingerprint density at radius 3 is 2.39 bits per heavy atom. The second-order valence-electron chi connectivity index (χ2n) is 7.05. The number of carboxylic acids is 1. The van der Waals surface area contributed by atoms with Crippen LogP contribution in [0.5, 0.6) is 11.5 Å². The predicted octanol–water partition coefficient (Wildman–Crippen LogP) is 4.53. The number of methoxy groups -OCH3 is 1. The van der Waals surface area contributed by atoms with Crippen molar-refractivity contribution >= 4 is 12.0 Å². The van der Waals surface area contributed by atoms with Crippen molar-refractivity contribution < 1.29 is 19.4 Å². The quantitative estimate of drug-likeness (QED) is 0.810. The summed E-state index contributed by atoms with van der Waals surface area (Å²) < 4.78 is 11.4. The van der Waals surface area contributed by atoms with Crippen LogP contribution in [0.3, 0.4) is 0 Å². The van der Waals surface area contributed by atoms with Crippen molar-refractivity contribution in [3.63, 3.8) is 0 Å². The average molecular weight is 318 g/mol. The summed E-state index contributed by atoms with van der Waals surface area (Å²) in [7, 11) is 1.62. The van der Waals surface area contributed by atoms with E-state index in [0.29, 0.717) is 17.1 Å². The maximum atomic E-state index is 11.5. The third-order valence-corrected chi connectivity index (χ3v) is 4.13. The number of carbonyl (C=O) groups is 1. The van der Waals surface area contributed by atoms with Crippen molar-refractivity contribution in [1.29, 1.82) is 0 Å². The molecule has 0 aromatic heterocycles. The summed E-state index contributed by atoms with van der Waals surface area (Å²) in [5.41, 5.74) is 0.749. The van der Waals surface area contributed by atoms with Gasteiger partial charge in [0.2, 0.25) is 0 Å². The van der Waals surface area contributed by atoms with Crippen molar-refractivity contribution in [2.24, 2.45) is 5.41 Å². The molecule has 1 aromatic rings. The van der Waals surface area contributed by atoms with Gasteiger partial charge in [0.1, 0.15) is 0 Å². The molecule has 0 spiro atoms. The molecule has 0 radical (unpaired) electrons. The van der Waals surface area contributed by atoms with Crippen LogP contribution in [0.15, 0.2) is 23.8 Å². The summed E-state index contributed by atoms with van der Waals surface area (Å²) in [4.78, 5) is 11.5. The Morgan fingerprint density at radius 1 is 1.22 bits per heavy atom. The average Bonchev–Trinajstić information content (AvgIpc) is 2.96. The minimum absolute atomic E-state index is 0.227. The first-order chi connectivity index (χ1) is 10.8. The SMILES string of the molecule is COc1ccc(/C=C(/C(=O)O)C(C)(C)C)cc1OC1CCCC1. The number of ether oxygens (including phenoxy) is 2. The Balaban J connectivity index is 2.34. The fraction of sp³-hybridized carbons (Fsp3) is 0.526. The normalized spacial score (nSPS) is 16.4. The number of hydrogen-bond acceptors (Lipinski definition) is 3. The number of benzene rings is 1. The van der Waals surface area contributed by atoms with Crippen LogP contribution in [0.25, 0.3) is 6.08 Å². The van der Waals surface area contributed by atoms with Crippen molar-refractivity contribution in [3.8, 4) is 11.5 Å². The molecule has 1 aliphatic rings. The summed E-state index contributed by atoms with van der Waals surface area (Å²) in [6.45, 7) is 5.69. The first-order valence-corrected chi connectivity index (χ1v) is 8.11. The van der Waals surface area contributed by atoms with E-state index < -0.39 is 11.4 Å². The Hall–Kier alpha value is -1.97. The van der Waals surface area contributed by atoms with Crippen LogP contribution in [-0.4, -0.2) is 24.3 Å². The Labute approximate surface area is 138 Å². The fourth-order valence-corrected chi connectivity index (χ4v) is 2.83. The van der Waals surface area contributed by atoms with Crippen LogP contribution < -0.4 is 9.47 Å². The van der Waals surface area contributed by atoms with Crippen LogP contribution in [0, 0.1) is 5.41 Å². The van der Waals surface area contributed by atoms with Gasteiger partial charge in [-0.1, -0.05) is 26.8 Å². The van der Waals surface area contributed by atoms with Crippen LogP contribution in [-0.2, 0) is 4.79 Å². The molecule has 0 saturated heterocycles. The molecule has 0 unspecified atom stereocenters. The predicted molar refractivity (Wildman–Crippen MR) is 90.9 cm³/mol. The van der Waals surface area contributed by atoms with Gasteiger partial charge in [0.25, 0.3) is 0 Å². The topological polar surface area (TPSA) is 55.8 Å². The molecule has 0 amide bonds. The maximum absolute atomic E-state index is 11.5. The summed E-state index contributed by atoms with van der Waals surface area (Å²) in [6, 6.07) is 5.55. The minimum Gasteiger partial charge on any atom is -0.493 e. The molecule has 0 atom stereocenters. The first kappa shape index (κ1) is 17.4. The molecule has 126 valence electrons. The van der Waals surface area contributed by atoms with E-state index in [-0.39, 0.29) is 6.10 Å². The molecular formula is C19H26O4. The third-order valence-electron chi connectivity index (χ3n) is 4.13. The molecule has 1 N–H and O–H groups in total. The van der Waals surface area contributed by atoms with E-state index in [4.69, 9.17) is 9.47 Å². The lowest BCUT2D eigenvalue weighted by Gasteiger charge is -2.20. The summed E-state index contributed by atoms with van der Waals surface area (Å²) in [5.74, 6) is 0.472. The second-order valence-corrected chi connectivity index (χ2v) is 7.05. The van der Waals surface area contributed by atoms with Crippen LogP contribution >= 0.6 is 0 Å². The summed E-state index contributed by atoms with van der Waals surface area (Å²) in [5, 5.41) is 9.45. The monoisotopic (exact) mass is 318 g/mol. The smallest absolute Gasteiger partial charge is 0.332 e. The van der Waals surface area contributed by atoms with E-state index in [1.807, 2.05) is 39.0 Å². The van der Waals surface area contributed by atoms with Crippen LogP contribution in [0.1, 0.15) is 52.0 Å². The summed E-state index contributed by atoms with van der Waals surface area (Å²) in [6.07, 6.45) is 6.45. The first-order valence-electron chi connectivity index (χ1n) is 8.11. The van der Waals surface area contributed by atoms with Crippen molar-refractivity contribution in [2.75, 3.05) is 7.11 Å². The summed E-state index contributed by atoms with van der Waals surface area (Å²) >= 11 is 0. The maximum Gasteiger partial charge on any atom is 0.332 e. The van der Waals surface area contributed by atoms with Gasteiger partial charge < -0.3 is 14.6 Å². The number of rotatable bonds is 5. The lowest BCUT2D eigenvalue weighted by molar-refractivity contribution is -0.133. The molecule has 0 heterocycles. The van der Waals surface area contributed by atoms with E-state index in [1.54, 1.807) is 13.2 Å². The largest absolute Gasteiger partial charge is 0.493 e. The number of hydrogen-bond donors (Lipinski definition) is 1. The van der Waals surface area contributed by atoms with Crippen molar-refractivity contribution in [3.05, 3.63) is 29.3 Å². The molecule has 0 bridgehead atoms. The van der Waals surface area contributed by atoms with Crippen molar-refractivity contribution in [1.82, 2.24) is 0 Å². The van der Waals surface area contributed by atoms with Gasteiger partial charge in [0, 0.05) is 5.57 Å². The second kappa shape index (κ2) is 7.07. The van der Waals surface area contributed by atoms with Gasteiger partial charge in [0.05, 0.1) is 13.2 Å². The van der Waals surface area contributed by atoms with Crippen LogP contribution in [0.4, 0.5) is 0 Å². The van der Waals surface area contributed by atoms with Crippen molar-refractivity contribution in [2.45, 2.75) is 52.6 Å². The molecule has 4 nitrogen and oxygen atoms in total. The highest BCUT2D eigenvalue weighted by atomic mass is 16.5. The van der Waals surface area contributed by atoms with E-state index in [9.17, 15) is 9.90 Å². The van der Waals surface area contributed by atoms with E-state index in [2.05, 4.69) is 0 Å². The molecule has 1 fully saturated rings. The van der Waals surface area contributed by atoms with E-state index in [1.165, 1.54) is 12.8 Å². The van der Waals surface area contributed by atoms with Gasteiger partial charge in [-0.25, -0.2) is 4.79 Å². The lowest BCUT2D eigenvalue weighted by Crippen LogP contribution is -2.17. The molecule has 1 saturated carbocycles. The lowest BCUT2D eigenvalue weighted by atomic mass is 9.85. The highest BCUT2D eigenvalue weighted by Crippen LogP contribution is 2.34. The Kier molecular flexibility index (Phi) is 5.34. The molecule has 23 heavy (non-hydrogen) atoms. The molecule has 4 heteroatoms. The number of carboxylic acid groups (broad SMARTS) is 1. The van der Waals surface area contributed by atoms with Gasteiger partial charge in [-0.05, 0) is 54.9 Å². The molecular weight excluding hydrogens is 292 g/mol. The standard InChI is InChI=1S/C19H26O4/c1-19(2,3)15(18(20)21)11-13-9-10-16(22-4)17(12-13)23-14-7-5-6-8-14/h9-12,14H,5-8H2,1-4H3,(H,20,21)/b15-11-. The third kappa shape index (κ3) is 4.50. The molecule has 1 aromatic carbocycles. The van der Waals surface area contributed by atoms with Gasteiger partial charge in [-0.15, -0.1) is 0 Å². The Morgan fingerprint density at radius 2 is 1.87 bits per heavy atom. The number of aliphatic carboxylic acids is 1. The fourth-order valence-electron chi connectivity index (χ4n) is 2.83. The van der Waals surface area contributed by atoms with Crippen LogP contribution in [0.2, 0.25) is 0 Å². The van der Waals surface area contributed by atoms with Gasteiger partial charge in [-0.3, -0.25) is 0 Å². The van der Waals surface area contributed by atoms with E-state index >= 15 is 0 Å². The van der Waals surface area contributed by atoms with Gasteiger partial charge in [0.15, 0.2) is 11.5 Å². The highest BCUT2D eigenvalue weighted by Gasteiger charge is 2.24. The Bertz CT molecular complexity index is 590. The zero-order valence-electron chi connectivity index (χ0n) is 14.4. The molecule has 2 rings (SSSR count). The molecule has 1 aliphatic carbocycles.